The average Bonchev–Trinajstić information content (AvgIpc) is 3.36. The fourth-order valence-electron chi connectivity index (χ4n) is 3.88. The summed E-state index contributed by atoms with van der Waals surface area (Å²) in [5, 5.41) is 9.75. The Hall–Kier alpha value is -2.43. The molecule has 1 atom stereocenters. The molecule has 1 saturated heterocycles. The molecule has 10 heteroatoms. The number of carbonyl (C=O) groups is 1. The second-order valence-corrected chi connectivity index (χ2v) is 11.0. The lowest BCUT2D eigenvalue weighted by atomic mass is 10.2. The van der Waals surface area contributed by atoms with Gasteiger partial charge < -0.3 is 9.67 Å². The number of fused-ring (bicyclic) bond motifs is 1. The highest BCUT2D eigenvalue weighted by Crippen LogP contribution is 2.30. The van der Waals surface area contributed by atoms with Crippen LogP contribution in [0, 0.1) is 11.7 Å². The molecule has 3 aromatic rings. The van der Waals surface area contributed by atoms with Gasteiger partial charge in [-0.25, -0.2) is 22.1 Å². The van der Waals surface area contributed by atoms with E-state index in [1.54, 1.807) is 8.87 Å². The molecule has 0 saturated carbocycles. The third-order valence-electron chi connectivity index (χ3n) is 5.55. The molecule has 0 bridgehead atoms. The minimum absolute atomic E-state index is 0.0802. The molecule has 2 aromatic carbocycles. The summed E-state index contributed by atoms with van der Waals surface area (Å²) in [5.41, 5.74) is 1.97. The van der Waals surface area contributed by atoms with Crippen LogP contribution in [0.4, 0.5) is 4.39 Å². The number of nitrogens with zero attached hydrogens (tertiary/aromatic N) is 3. The van der Waals surface area contributed by atoms with E-state index in [4.69, 9.17) is 0 Å². The Kier molecular flexibility index (Phi) is 6.82. The van der Waals surface area contributed by atoms with Crippen molar-refractivity contribution in [2.24, 2.45) is 5.92 Å². The van der Waals surface area contributed by atoms with Gasteiger partial charge in [0.1, 0.15) is 12.4 Å². The fourth-order valence-corrected chi connectivity index (χ4v) is 6.59. The summed E-state index contributed by atoms with van der Waals surface area (Å²) >= 11 is 1.39. The summed E-state index contributed by atoms with van der Waals surface area (Å²) in [7, 11) is -3.34. The van der Waals surface area contributed by atoms with E-state index in [1.807, 2.05) is 30.3 Å². The molecule has 170 valence electrons. The summed E-state index contributed by atoms with van der Waals surface area (Å²) in [6, 6.07) is 13.7. The molecule has 1 unspecified atom stereocenters. The first-order valence-corrected chi connectivity index (χ1v) is 12.9. The van der Waals surface area contributed by atoms with Gasteiger partial charge in [-0.05, 0) is 36.5 Å². The summed E-state index contributed by atoms with van der Waals surface area (Å²) < 4.78 is 42.2. The fraction of sp³-hybridized carbons (Fsp3) is 0.364. The smallest absolute Gasteiger partial charge is 0.323 e. The summed E-state index contributed by atoms with van der Waals surface area (Å²) in [6.07, 6.45) is 1.22. The van der Waals surface area contributed by atoms with E-state index in [-0.39, 0.29) is 18.2 Å². The number of rotatable bonds is 9. The Morgan fingerprint density at radius 3 is 2.75 bits per heavy atom. The predicted molar refractivity (Wildman–Crippen MR) is 122 cm³/mol. The number of hydrogen-bond acceptors (Lipinski definition) is 5. The molecule has 0 spiro atoms. The topological polar surface area (TPSA) is 92.5 Å². The van der Waals surface area contributed by atoms with Gasteiger partial charge in [0.25, 0.3) is 0 Å². The van der Waals surface area contributed by atoms with Gasteiger partial charge in [-0.2, -0.15) is 0 Å². The highest BCUT2D eigenvalue weighted by atomic mass is 32.2. The number of aliphatic carboxylic acids is 1. The summed E-state index contributed by atoms with van der Waals surface area (Å²) in [4.78, 5) is 15.7. The molecule has 1 aliphatic heterocycles. The first kappa shape index (κ1) is 22.8. The van der Waals surface area contributed by atoms with Gasteiger partial charge >= 0.3 is 5.97 Å². The lowest BCUT2D eigenvalue weighted by Gasteiger charge is -2.16. The van der Waals surface area contributed by atoms with Crippen molar-refractivity contribution in [3.05, 3.63) is 59.9 Å². The van der Waals surface area contributed by atoms with Gasteiger partial charge in [0.2, 0.25) is 10.0 Å². The molecular weight excluding hydrogens is 453 g/mol. The van der Waals surface area contributed by atoms with Crippen molar-refractivity contribution in [1.82, 2.24) is 13.9 Å². The van der Waals surface area contributed by atoms with Crippen LogP contribution < -0.4 is 0 Å². The molecule has 1 aliphatic rings. The number of sulfonamides is 1. The van der Waals surface area contributed by atoms with E-state index in [1.165, 1.54) is 30.0 Å². The van der Waals surface area contributed by atoms with Crippen LogP contribution in [0.15, 0.2) is 53.7 Å². The molecule has 0 radical (unpaired) electrons. The van der Waals surface area contributed by atoms with Gasteiger partial charge in [-0.3, -0.25) is 4.79 Å². The first-order valence-electron chi connectivity index (χ1n) is 10.3. The zero-order valence-electron chi connectivity index (χ0n) is 17.4. The molecule has 7 nitrogen and oxygen atoms in total. The number of carboxylic acids is 1. The molecule has 1 N–H and O–H groups in total. The van der Waals surface area contributed by atoms with Gasteiger partial charge in [-0.1, -0.05) is 42.1 Å². The van der Waals surface area contributed by atoms with Gasteiger partial charge in [0, 0.05) is 24.9 Å². The van der Waals surface area contributed by atoms with Crippen molar-refractivity contribution in [1.29, 1.82) is 0 Å². The number of aromatic nitrogens is 2. The lowest BCUT2D eigenvalue weighted by molar-refractivity contribution is -0.137. The van der Waals surface area contributed by atoms with Crippen LogP contribution in [0.5, 0.6) is 0 Å². The average molecular weight is 478 g/mol. The minimum atomic E-state index is -3.34. The van der Waals surface area contributed by atoms with Crippen molar-refractivity contribution in [3.8, 4) is 0 Å². The third kappa shape index (κ3) is 5.31. The number of aryl methyl sites for hydroxylation is 1. The molecule has 0 amide bonds. The van der Waals surface area contributed by atoms with Crippen LogP contribution in [0.3, 0.4) is 0 Å². The second-order valence-electron chi connectivity index (χ2n) is 7.88. The number of carboxylic acid groups (broad SMARTS) is 1. The zero-order chi connectivity index (χ0) is 22.7. The Morgan fingerprint density at radius 2 is 2.00 bits per heavy atom. The monoisotopic (exact) mass is 477 g/mol. The van der Waals surface area contributed by atoms with E-state index >= 15 is 0 Å². The molecule has 2 heterocycles. The van der Waals surface area contributed by atoms with Crippen LogP contribution >= 0.6 is 11.8 Å². The largest absolute Gasteiger partial charge is 0.480 e. The maximum Gasteiger partial charge on any atom is 0.323 e. The number of hydrogen-bond donors (Lipinski definition) is 1. The summed E-state index contributed by atoms with van der Waals surface area (Å²) in [6.45, 7) is 0.659. The maximum absolute atomic E-state index is 13.6. The van der Waals surface area contributed by atoms with Crippen molar-refractivity contribution >= 4 is 38.8 Å². The molecule has 4 rings (SSSR count). The standard InChI is InChI=1S/C22H24FN3O4S2/c23-18-6-7-20-19(12-18)24-22(26(20)14-21(27)28)31-15-17-8-10-25(13-17)32(29,30)11-9-16-4-2-1-3-5-16/h1-7,12,17H,8-11,13-15H2,(H,27,28). The zero-order valence-corrected chi connectivity index (χ0v) is 19.0. The molecule has 1 fully saturated rings. The van der Waals surface area contributed by atoms with Crippen LogP contribution in [0.1, 0.15) is 12.0 Å². The van der Waals surface area contributed by atoms with Crippen molar-refractivity contribution in [2.75, 3.05) is 24.6 Å². The van der Waals surface area contributed by atoms with Crippen molar-refractivity contribution < 1.29 is 22.7 Å². The van der Waals surface area contributed by atoms with Crippen LogP contribution in [-0.4, -0.2) is 57.9 Å². The number of thioether (sulfide) groups is 1. The minimum Gasteiger partial charge on any atom is -0.480 e. The van der Waals surface area contributed by atoms with Crippen LogP contribution in [0.2, 0.25) is 0 Å². The van der Waals surface area contributed by atoms with Gasteiger partial charge in [0.15, 0.2) is 5.16 Å². The van der Waals surface area contributed by atoms with Crippen molar-refractivity contribution in [2.45, 2.75) is 24.5 Å². The molecule has 1 aromatic heterocycles. The Balaban J connectivity index is 1.39. The highest BCUT2D eigenvalue weighted by molar-refractivity contribution is 7.99. The number of imidazole rings is 1. The molecular formula is C22H24FN3O4S2. The summed E-state index contributed by atoms with van der Waals surface area (Å²) in [5.74, 6) is -0.609. The third-order valence-corrected chi connectivity index (χ3v) is 8.60. The molecule has 32 heavy (non-hydrogen) atoms. The molecule has 0 aliphatic carbocycles. The Labute approximate surface area is 190 Å². The van der Waals surface area contributed by atoms with E-state index < -0.39 is 21.8 Å². The van der Waals surface area contributed by atoms with E-state index in [2.05, 4.69) is 4.98 Å². The van der Waals surface area contributed by atoms with Crippen molar-refractivity contribution in [3.63, 3.8) is 0 Å². The second kappa shape index (κ2) is 9.60. The van der Waals surface area contributed by atoms with Gasteiger partial charge in [0.05, 0.1) is 16.8 Å². The predicted octanol–water partition coefficient (Wildman–Crippen LogP) is 3.25. The van der Waals surface area contributed by atoms with Crippen LogP contribution in [-0.2, 0) is 27.8 Å². The van der Waals surface area contributed by atoms with E-state index in [0.29, 0.717) is 41.5 Å². The lowest BCUT2D eigenvalue weighted by Crippen LogP contribution is -2.32. The number of halogens is 1. The van der Waals surface area contributed by atoms with E-state index in [9.17, 15) is 22.7 Å². The first-order chi connectivity index (χ1) is 15.3. The Bertz CT molecular complexity index is 1210. The number of benzene rings is 2. The SMILES string of the molecule is O=C(O)Cn1c(SCC2CCN(S(=O)(=O)CCc3ccccc3)C2)nc2cc(F)ccc21. The Morgan fingerprint density at radius 1 is 1.22 bits per heavy atom. The quantitative estimate of drug-likeness (QED) is 0.476. The van der Waals surface area contributed by atoms with Gasteiger partial charge in [-0.15, -0.1) is 0 Å². The van der Waals surface area contributed by atoms with Crippen LogP contribution in [0.25, 0.3) is 11.0 Å². The maximum atomic E-state index is 13.6. The normalized spacial score (nSPS) is 17.2. The van der Waals surface area contributed by atoms with E-state index in [0.717, 1.165) is 12.0 Å². The highest BCUT2D eigenvalue weighted by Gasteiger charge is 2.31.